The third-order valence-corrected chi connectivity index (χ3v) is 3.20. The summed E-state index contributed by atoms with van der Waals surface area (Å²) < 4.78 is 0.883. The third-order valence-electron chi connectivity index (χ3n) is 2.07. The van der Waals surface area contributed by atoms with Gasteiger partial charge in [0.2, 0.25) is 0 Å². The zero-order chi connectivity index (χ0) is 8.55. The molecule has 0 amide bonds. The van der Waals surface area contributed by atoms with E-state index in [-0.39, 0.29) is 0 Å². The second-order valence-electron chi connectivity index (χ2n) is 2.90. The summed E-state index contributed by atoms with van der Waals surface area (Å²) in [7, 11) is 0. The first-order chi connectivity index (χ1) is 5.77. The highest BCUT2D eigenvalue weighted by atomic mass is 79.9. The van der Waals surface area contributed by atoms with Crippen molar-refractivity contribution >= 4 is 27.5 Å². The van der Waals surface area contributed by atoms with Crippen LogP contribution in [0.15, 0.2) is 16.7 Å². The molecule has 2 heterocycles. The maximum absolute atomic E-state index is 5.77. The molecule has 0 radical (unpaired) electrons. The molecule has 2 rings (SSSR count). The number of hydrogen-bond acceptors (Lipinski definition) is 2. The fourth-order valence-electron chi connectivity index (χ4n) is 1.18. The van der Waals surface area contributed by atoms with E-state index in [4.69, 9.17) is 11.6 Å². The van der Waals surface area contributed by atoms with E-state index in [0.29, 0.717) is 11.1 Å². The molecule has 4 heteroatoms. The summed E-state index contributed by atoms with van der Waals surface area (Å²) >= 11 is 9.13. The Kier molecular flexibility index (Phi) is 2.35. The maximum Gasteiger partial charge on any atom is 0.143 e. The number of halogens is 2. The topological polar surface area (TPSA) is 24.9 Å². The fraction of sp³-hybridized carbons (Fsp3) is 0.375. The summed E-state index contributed by atoms with van der Waals surface area (Å²) in [6.45, 7) is 2.10. The summed E-state index contributed by atoms with van der Waals surface area (Å²) in [6, 6.07) is 2.04. The minimum atomic E-state index is 0.533. The molecule has 1 saturated heterocycles. The van der Waals surface area contributed by atoms with Crippen LogP contribution in [-0.4, -0.2) is 18.1 Å². The summed E-state index contributed by atoms with van der Waals surface area (Å²) in [5.74, 6) is 0.617. The van der Waals surface area contributed by atoms with Crippen LogP contribution in [0.3, 0.4) is 0 Å². The second kappa shape index (κ2) is 3.32. The van der Waals surface area contributed by atoms with Gasteiger partial charge in [-0.1, -0.05) is 11.6 Å². The van der Waals surface area contributed by atoms with Gasteiger partial charge >= 0.3 is 0 Å². The number of pyridine rings is 1. The van der Waals surface area contributed by atoms with E-state index in [1.54, 1.807) is 0 Å². The van der Waals surface area contributed by atoms with E-state index in [0.717, 1.165) is 17.6 Å². The van der Waals surface area contributed by atoms with E-state index in [1.807, 2.05) is 12.3 Å². The smallest absolute Gasteiger partial charge is 0.143 e. The summed E-state index contributed by atoms with van der Waals surface area (Å²) in [5, 5.41) is 3.75. The molecule has 0 spiro atoms. The largest absolute Gasteiger partial charge is 0.315 e. The van der Waals surface area contributed by atoms with Gasteiger partial charge in [-0.05, 0) is 27.6 Å². The molecule has 1 aliphatic heterocycles. The quantitative estimate of drug-likeness (QED) is 0.770. The molecule has 0 unspecified atom stereocenters. The van der Waals surface area contributed by atoms with Crippen LogP contribution in [0.1, 0.15) is 11.5 Å². The lowest BCUT2D eigenvalue weighted by Gasteiger charge is -2.27. The first-order valence-corrected chi connectivity index (χ1v) is 4.96. The Labute approximate surface area is 84.5 Å². The molecule has 0 saturated carbocycles. The van der Waals surface area contributed by atoms with Gasteiger partial charge in [-0.15, -0.1) is 0 Å². The van der Waals surface area contributed by atoms with Crippen molar-refractivity contribution < 1.29 is 0 Å². The highest BCUT2D eigenvalue weighted by molar-refractivity contribution is 9.10. The SMILES string of the molecule is Clc1ncc(C2CNC2)cc1Br. The predicted molar refractivity (Wildman–Crippen MR) is 52.6 cm³/mol. The Bertz CT molecular complexity index is 299. The lowest BCUT2D eigenvalue weighted by Crippen LogP contribution is -2.39. The van der Waals surface area contributed by atoms with Gasteiger partial charge in [0.15, 0.2) is 0 Å². The first kappa shape index (κ1) is 8.48. The standard InChI is InChI=1S/C8H8BrClN2/c9-7-1-5(4-12-8(7)10)6-2-11-3-6/h1,4,6,11H,2-3H2. The molecule has 0 atom stereocenters. The average molecular weight is 248 g/mol. The Hall–Kier alpha value is -0.120. The van der Waals surface area contributed by atoms with Gasteiger partial charge in [0, 0.05) is 25.2 Å². The van der Waals surface area contributed by atoms with Crippen molar-refractivity contribution in [1.29, 1.82) is 0 Å². The number of nitrogens with zero attached hydrogens (tertiary/aromatic N) is 1. The molecule has 0 aliphatic carbocycles. The second-order valence-corrected chi connectivity index (χ2v) is 4.11. The van der Waals surface area contributed by atoms with E-state index in [9.17, 15) is 0 Å². The molecular weight excluding hydrogens is 239 g/mol. The van der Waals surface area contributed by atoms with E-state index < -0.39 is 0 Å². The van der Waals surface area contributed by atoms with Crippen molar-refractivity contribution in [1.82, 2.24) is 10.3 Å². The highest BCUT2D eigenvalue weighted by Crippen LogP contribution is 2.26. The Morgan fingerprint density at radius 3 is 2.83 bits per heavy atom. The van der Waals surface area contributed by atoms with Crippen LogP contribution in [0, 0.1) is 0 Å². The summed E-state index contributed by atoms with van der Waals surface area (Å²) in [5.41, 5.74) is 1.25. The maximum atomic E-state index is 5.77. The van der Waals surface area contributed by atoms with Gasteiger partial charge in [-0.25, -0.2) is 4.98 Å². The van der Waals surface area contributed by atoms with Crippen LogP contribution >= 0.6 is 27.5 Å². The van der Waals surface area contributed by atoms with Gasteiger partial charge < -0.3 is 5.32 Å². The normalized spacial score (nSPS) is 17.5. The monoisotopic (exact) mass is 246 g/mol. The van der Waals surface area contributed by atoms with E-state index >= 15 is 0 Å². The molecule has 0 bridgehead atoms. The Morgan fingerprint density at radius 1 is 1.58 bits per heavy atom. The van der Waals surface area contributed by atoms with Crippen LogP contribution in [0.25, 0.3) is 0 Å². The van der Waals surface area contributed by atoms with Crippen molar-refractivity contribution in [3.63, 3.8) is 0 Å². The highest BCUT2D eigenvalue weighted by Gasteiger charge is 2.19. The predicted octanol–water partition coefficient (Wildman–Crippen LogP) is 2.18. The number of aromatic nitrogens is 1. The van der Waals surface area contributed by atoms with Crippen molar-refractivity contribution in [3.8, 4) is 0 Å². The van der Waals surface area contributed by atoms with Crippen LogP contribution in [0.2, 0.25) is 5.15 Å². The van der Waals surface area contributed by atoms with Gasteiger partial charge in [0.1, 0.15) is 5.15 Å². The van der Waals surface area contributed by atoms with Crippen LogP contribution < -0.4 is 5.32 Å². The minimum Gasteiger partial charge on any atom is -0.315 e. The molecule has 1 N–H and O–H groups in total. The molecule has 2 nitrogen and oxygen atoms in total. The lowest BCUT2D eigenvalue weighted by molar-refractivity contribution is 0.447. The van der Waals surface area contributed by atoms with Gasteiger partial charge in [-0.2, -0.15) is 0 Å². The number of nitrogens with one attached hydrogen (secondary N) is 1. The molecule has 1 aromatic rings. The minimum absolute atomic E-state index is 0.533. The van der Waals surface area contributed by atoms with Crippen molar-refractivity contribution in [2.45, 2.75) is 5.92 Å². The zero-order valence-electron chi connectivity index (χ0n) is 6.35. The molecule has 1 fully saturated rings. The Morgan fingerprint density at radius 2 is 2.33 bits per heavy atom. The number of hydrogen-bond donors (Lipinski definition) is 1. The van der Waals surface area contributed by atoms with Crippen LogP contribution in [0.4, 0.5) is 0 Å². The van der Waals surface area contributed by atoms with E-state index in [2.05, 4.69) is 26.2 Å². The molecule has 12 heavy (non-hydrogen) atoms. The lowest BCUT2D eigenvalue weighted by atomic mass is 9.96. The van der Waals surface area contributed by atoms with E-state index in [1.165, 1.54) is 5.56 Å². The molecule has 64 valence electrons. The molecular formula is C8H8BrClN2. The molecule has 1 aromatic heterocycles. The fourth-order valence-corrected chi connectivity index (χ4v) is 1.65. The average Bonchev–Trinajstić information content (AvgIpc) is 1.93. The van der Waals surface area contributed by atoms with Gasteiger partial charge in [-0.3, -0.25) is 0 Å². The zero-order valence-corrected chi connectivity index (χ0v) is 8.69. The van der Waals surface area contributed by atoms with Crippen LogP contribution in [-0.2, 0) is 0 Å². The Balaban J connectivity index is 2.27. The first-order valence-electron chi connectivity index (χ1n) is 3.79. The summed E-state index contributed by atoms with van der Waals surface area (Å²) in [6.07, 6.45) is 1.85. The molecule has 0 aromatic carbocycles. The van der Waals surface area contributed by atoms with Gasteiger partial charge in [0.05, 0.1) is 4.47 Å². The van der Waals surface area contributed by atoms with Crippen molar-refractivity contribution in [3.05, 3.63) is 27.5 Å². The number of rotatable bonds is 1. The summed E-state index contributed by atoms with van der Waals surface area (Å²) in [4.78, 5) is 4.07. The van der Waals surface area contributed by atoms with Gasteiger partial charge in [0.25, 0.3) is 0 Å². The third kappa shape index (κ3) is 1.49. The van der Waals surface area contributed by atoms with Crippen molar-refractivity contribution in [2.24, 2.45) is 0 Å². The van der Waals surface area contributed by atoms with Crippen molar-refractivity contribution in [2.75, 3.05) is 13.1 Å². The molecule has 1 aliphatic rings. The van der Waals surface area contributed by atoms with Crippen LogP contribution in [0.5, 0.6) is 0 Å².